The maximum atomic E-state index is 6.30. The first kappa shape index (κ1) is 14.8. The van der Waals surface area contributed by atoms with Gasteiger partial charge in [0.15, 0.2) is 0 Å². The lowest BCUT2D eigenvalue weighted by atomic mass is 9.65. The molecule has 116 valence electrons. The highest BCUT2D eigenvalue weighted by Crippen LogP contribution is 2.52. The van der Waals surface area contributed by atoms with Gasteiger partial charge in [0.2, 0.25) is 0 Å². The molecular weight excluding hydrogens is 244 g/mol. The Morgan fingerprint density at radius 3 is 2.05 bits per heavy atom. The number of likely N-dealkylation sites (tertiary alicyclic amines) is 1. The Kier molecular flexibility index (Phi) is 3.92. The van der Waals surface area contributed by atoms with Gasteiger partial charge >= 0.3 is 0 Å². The van der Waals surface area contributed by atoms with Crippen molar-refractivity contribution in [2.45, 2.75) is 83.6 Å². The van der Waals surface area contributed by atoms with Gasteiger partial charge in [-0.15, -0.1) is 0 Å². The van der Waals surface area contributed by atoms with Crippen molar-refractivity contribution in [2.24, 2.45) is 16.6 Å². The van der Waals surface area contributed by atoms with E-state index < -0.39 is 0 Å². The Morgan fingerprint density at radius 2 is 1.50 bits per heavy atom. The van der Waals surface area contributed by atoms with Gasteiger partial charge in [-0.1, -0.05) is 26.7 Å². The van der Waals surface area contributed by atoms with Crippen LogP contribution < -0.4 is 5.73 Å². The monoisotopic (exact) mass is 278 g/mol. The second kappa shape index (κ2) is 5.28. The molecule has 1 spiro atoms. The number of nitrogens with two attached hydrogens (primary N) is 1. The van der Waals surface area contributed by atoms with E-state index in [1.54, 1.807) is 0 Å². The minimum atomic E-state index is 0.339. The van der Waals surface area contributed by atoms with Crippen LogP contribution in [-0.4, -0.2) is 30.1 Å². The van der Waals surface area contributed by atoms with E-state index in [0.29, 0.717) is 11.0 Å². The number of nitrogens with zero attached hydrogens (tertiary/aromatic N) is 1. The van der Waals surface area contributed by atoms with Crippen molar-refractivity contribution < 1.29 is 0 Å². The third-order valence-corrected chi connectivity index (χ3v) is 6.86. The number of hydrogen-bond acceptors (Lipinski definition) is 2. The summed E-state index contributed by atoms with van der Waals surface area (Å²) in [6, 6.07) is 0. The molecule has 0 radical (unpaired) electrons. The van der Waals surface area contributed by atoms with Crippen LogP contribution in [0.4, 0.5) is 0 Å². The van der Waals surface area contributed by atoms with E-state index in [1.807, 2.05) is 0 Å². The molecule has 3 aliphatic rings. The van der Waals surface area contributed by atoms with E-state index >= 15 is 0 Å². The smallest absolute Gasteiger partial charge is 0.0332 e. The Hall–Kier alpha value is -0.0800. The predicted octanol–water partition coefficient (Wildman–Crippen LogP) is 3.94. The normalized spacial score (nSPS) is 32.5. The maximum Gasteiger partial charge on any atom is 0.0332 e. The largest absolute Gasteiger partial charge is 0.329 e. The van der Waals surface area contributed by atoms with Crippen LogP contribution in [0.15, 0.2) is 0 Å². The fraction of sp³-hybridized carbons (Fsp3) is 1.00. The van der Waals surface area contributed by atoms with Crippen LogP contribution in [0.1, 0.15) is 78.1 Å². The van der Waals surface area contributed by atoms with Crippen molar-refractivity contribution >= 4 is 0 Å². The van der Waals surface area contributed by atoms with Crippen LogP contribution in [0.5, 0.6) is 0 Å². The zero-order valence-electron chi connectivity index (χ0n) is 13.7. The molecule has 1 heterocycles. The molecule has 0 amide bonds. The molecule has 3 rings (SSSR count). The minimum Gasteiger partial charge on any atom is -0.329 e. The third kappa shape index (κ3) is 2.66. The van der Waals surface area contributed by atoms with E-state index in [0.717, 1.165) is 12.0 Å². The molecule has 0 unspecified atom stereocenters. The minimum absolute atomic E-state index is 0.339. The number of rotatable bonds is 2. The van der Waals surface area contributed by atoms with Gasteiger partial charge in [-0.05, 0) is 68.7 Å². The van der Waals surface area contributed by atoms with Crippen LogP contribution >= 0.6 is 0 Å². The first-order valence-corrected chi connectivity index (χ1v) is 8.95. The van der Waals surface area contributed by atoms with Crippen molar-refractivity contribution in [1.29, 1.82) is 0 Å². The summed E-state index contributed by atoms with van der Waals surface area (Å²) in [7, 11) is 0. The van der Waals surface area contributed by atoms with Crippen LogP contribution in [0, 0.1) is 10.8 Å². The third-order valence-electron chi connectivity index (χ3n) is 6.86. The fourth-order valence-corrected chi connectivity index (χ4v) is 5.35. The lowest BCUT2D eigenvalue weighted by Gasteiger charge is -2.54. The highest BCUT2D eigenvalue weighted by Gasteiger charge is 2.47. The molecule has 0 aromatic carbocycles. The van der Waals surface area contributed by atoms with Crippen molar-refractivity contribution in [2.75, 3.05) is 19.6 Å². The molecule has 0 aromatic rings. The van der Waals surface area contributed by atoms with E-state index in [-0.39, 0.29) is 0 Å². The summed E-state index contributed by atoms with van der Waals surface area (Å²) in [4.78, 5) is 2.79. The van der Waals surface area contributed by atoms with Gasteiger partial charge in [0.05, 0.1) is 0 Å². The Balaban J connectivity index is 1.69. The molecule has 2 N–H and O–H groups in total. The lowest BCUT2D eigenvalue weighted by molar-refractivity contribution is -0.0279. The molecule has 3 fully saturated rings. The molecule has 2 nitrogen and oxygen atoms in total. The van der Waals surface area contributed by atoms with Crippen molar-refractivity contribution in [3.8, 4) is 0 Å². The Bertz CT molecular complexity index is 331. The lowest BCUT2D eigenvalue weighted by Crippen LogP contribution is -2.60. The van der Waals surface area contributed by atoms with Gasteiger partial charge in [0.1, 0.15) is 0 Å². The van der Waals surface area contributed by atoms with E-state index in [1.165, 1.54) is 77.3 Å². The Morgan fingerprint density at radius 1 is 0.850 bits per heavy atom. The molecule has 1 saturated heterocycles. The zero-order valence-corrected chi connectivity index (χ0v) is 13.7. The molecule has 2 saturated carbocycles. The van der Waals surface area contributed by atoms with Crippen molar-refractivity contribution in [3.05, 3.63) is 0 Å². The summed E-state index contributed by atoms with van der Waals surface area (Å²) in [6.45, 7) is 8.29. The second-order valence-corrected chi connectivity index (χ2v) is 8.82. The average molecular weight is 278 g/mol. The first-order chi connectivity index (χ1) is 9.49. The van der Waals surface area contributed by atoms with Gasteiger partial charge in [-0.25, -0.2) is 0 Å². The van der Waals surface area contributed by atoms with Crippen LogP contribution in [0.25, 0.3) is 0 Å². The highest BCUT2D eigenvalue weighted by molar-refractivity contribution is 5.03. The maximum absolute atomic E-state index is 6.30. The van der Waals surface area contributed by atoms with Gasteiger partial charge in [-0.2, -0.15) is 0 Å². The van der Waals surface area contributed by atoms with Gasteiger partial charge in [0.25, 0.3) is 0 Å². The zero-order chi connectivity index (χ0) is 14.3. The molecule has 2 heteroatoms. The second-order valence-electron chi connectivity index (χ2n) is 8.82. The van der Waals surface area contributed by atoms with E-state index in [2.05, 4.69) is 18.7 Å². The predicted molar refractivity (Wildman–Crippen MR) is 85.7 cm³/mol. The summed E-state index contributed by atoms with van der Waals surface area (Å²) < 4.78 is 0. The summed E-state index contributed by atoms with van der Waals surface area (Å²) in [6.07, 6.45) is 14.3. The summed E-state index contributed by atoms with van der Waals surface area (Å²) in [5.74, 6) is 0. The average Bonchev–Trinajstić information content (AvgIpc) is 2.88. The quantitative estimate of drug-likeness (QED) is 0.829. The first-order valence-electron chi connectivity index (χ1n) is 8.95. The van der Waals surface area contributed by atoms with Crippen LogP contribution in [0.2, 0.25) is 0 Å². The van der Waals surface area contributed by atoms with Crippen molar-refractivity contribution in [3.63, 3.8) is 0 Å². The van der Waals surface area contributed by atoms with E-state index in [9.17, 15) is 0 Å². The standard InChI is InChI=1S/C18H34N2/c1-16(2)6-5-13-20(15-16)18(14-19)11-9-17(10-12-18)7-3-4-8-17/h3-15,19H2,1-2H3. The molecule has 0 bridgehead atoms. The molecular formula is C18H34N2. The fourth-order valence-electron chi connectivity index (χ4n) is 5.35. The molecule has 0 aromatic heterocycles. The SMILES string of the molecule is CC1(C)CCCN(C2(CN)CCC3(CCCC3)CC2)C1. The molecule has 0 atom stereocenters. The van der Waals surface area contributed by atoms with Gasteiger partial charge in [-0.3, -0.25) is 4.90 Å². The topological polar surface area (TPSA) is 29.3 Å². The van der Waals surface area contributed by atoms with Crippen molar-refractivity contribution in [1.82, 2.24) is 4.90 Å². The molecule has 2 aliphatic carbocycles. The van der Waals surface area contributed by atoms with Crippen LogP contribution in [0.3, 0.4) is 0 Å². The molecule has 1 aliphatic heterocycles. The highest BCUT2D eigenvalue weighted by atomic mass is 15.2. The van der Waals surface area contributed by atoms with E-state index in [4.69, 9.17) is 5.73 Å². The number of hydrogen-bond donors (Lipinski definition) is 1. The number of piperidine rings is 1. The Labute approximate surface area is 125 Å². The van der Waals surface area contributed by atoms with Gasteiger partial charge in [0, 0.05) is 18.6 Å². The summed E-state index contributed by atoms with van der Waals surface area (Å²) in [5, 5.41) is 0. The summed E-state index contributed by atoms with van der Waals surface area (Å²) in [5.41, 5.74) is 7.86. The molecule has 20 heavy (non-hydrogen) atoms. The van der Waals surface area contributed by atoms with Crippen LogP contribution in [-0.2, 0) is 0 Å². The van der Waals surface area contributed by atoms with Gasteiger partial charge < -0.3 is 5.73 Å². The summed E-state index contributed by atoms with van der Waals surface area (Å²) >= 11 is 0.